The van der Waals surface area contributed by atoms with Crippen molar-refractivity contribution >= 4 is 6.03 Å². The molecule has 6 rings (SSSR count). The van der Waals surface area contributed by atoms with Crippen molar-refractivity contribution in [3.8, 4) is 0 Å². The number of likely N-dealkylation sites (tertiary alicyclic amines) is 2. The van der Waals surface area contributed by atoms with Gasteiger partial charge in [-0.2, -0.15) is 13.2 Å². The van der Waals surface area contributed by atoms with Gasteiger partial charge in [-0.3, -0.25) is 0 Å². The number of nitrogens with one attached hydrogen (secondary N) is 1. The van der Waals surface area contributed by atoms with Crippen LogP contribution >= 0.6 is 0 Å². The molecule has 4 fully saturated rings. The molecule has 0 unspecified atom stereocenters. The zero-order chi connectivity index (χ0) is 25.3. The molecule has 14 heteroatoms. The third-order valence-corrected chi connectivity index (χ3v) is 8.53. The highest BCUT2D eigenvalue weighted by atomic mass is 19.4. The van der Waals surface area contributed by atoms with E-state index >= 15 is 0 Å². The van der Waals surface area contributed by atoms with Crippen molar-refractivity contribution in [2.75, 3.05) is 26.2 Å². The number of carbonyl (C=O) groups excluding carboxylic acids is 1. The van der Waals surface area contributed by atoms with E-state index in [2.05, 4.69) is 25.3 Å². The molecule has 2 saturated carbocycles. The van der Waals surface area contributed by atoms with Crippen molar-refractivity contribution < 1.29 is 26.7 Å². The fourth-order valence-electron chi connectivity index (χ4n) is 6.55. The Hall–Kier alpha value is -2.80. The Morgan fingerprint density at radius 3 is 2.25 bits per heavy atom. The number of aromatic nitrogens is 6. The Balaban J connectivity index is 0.925. The van der Waals surface area contributed by atoms with Gasteiger partial charge in [-0.25, -0.2) is 23.2 Å². The Morgan fingerprint density at radius 2 is 1.69 bits per heavy atom. The number of amides is 2. The lowest BCUT2D eigenvalue weighted by Crippen LogP contribution is -2.69. The van der Waals surface area contributed by atoms with Gasteiger partial charge in [0.15, 0.2) is 0 Å². The number of hydrogen-bond donors (Lipinski definition) is 1. The Labute approximate surface area is 203 Å². The molecule has 0 bridgehead atoms. The molecule has 1 N–H and O–H groups in total. The maximum absolute atomic E-state index is 12.9. The van der Waals surface area contributed by atoms with Gasteiger partial charge < -0.3 is 14.8 Å². The van der Waals surface area contributed by atoms with E-state index < -0.39 is 24.3 Å². The number of H-pyrrole nitrogens is 1. The topological polar surface area (TPSA) is 95.8 Å². The lowest BCUT2D eigenvalue weighted by Gasteiger charge is -2.61. The smallest absolute Gasteiger partial charge is 0.323 e. The lowest BCUT2D eigenvalue weighted by atomic mass is 9.60. The van der Waals surface area contributed by atoms with Gasteiger partial charge in [0.2, 0.25) is 11.6 Å². The SMILES string of the molecule is O=C(N1CC2(CCC(Cc3nnc(C(F)(F)F)[nH]3)CC2)C1)N1CC2(CC(n3cnc(C(F)F)n3)C2)C1. The van der Waals surface area contributed by atoms with Gasteiger partial charge in [0.25, 0.3) is 6.43 Å². The first-order chi connectivity index (χ1) is 17.0. The summed E-state index contributed by atoms with van der Waals surface area (Å²) in [6.45, 7) is 2.81. The first-order valence-electron chi connectivity index (χ1n) is 12.3. The standard InChI is InChI=1S/C22H27F5N8O/c23-16(24)17-28-12-35(32-17)14-6-21(7-14)10-34(11-21)19(36)33-8-20(9-33)3-1-13(2-4-20)5-15-29-18(31-30-15)22(25,26)27/h12-14,16H,1-11H2,(H,29,30,31). The van der Waals surface area contributed by atoms with Crippen LogP contribution in [0.1, 0.15) is 68.5 Å². The number of halogens is 5. The van der Waals surface area contributed by atoms with Crippen LogP contribution in [0.2, 0.25) is 0 Å². The van der Waals surface area contributed by atoms with E-state index in [4.69, 9.17) is 0 Å². The van der Waals surface area contributed by atoms with Crippen LogP contribution in [0.3, 0.4) is 0 Å². The number of aromatic amines is 1. The molecule has 2 aromatic rings. The normalized spacial score (nSPS) is 23.7. The molecule has 2 aromatic heterocycles. The van der Waals surface area contributed by atoms with E-state index in [1.165, 1.54) is 11.0 Å². The van der Waals surface area contributed by atoms with Gasteiger partial charge in [-0.1, -0.05) is 0 Å². The summed E-state index contributed by atoms with van der Waals surface area (Å²) >= 11 is 0. The second-order valence-corrected chi connectivity index (χ2v) is 11.2. The first kappa shape index (κ1) is 23.6. The number of rotatable bonds is 4. The second kappa shape index (κ2) is 8.10. The fourth-order valence-corrected chi connectivity index (χ4v) is 6.55. The molecule has 0 radical (unpaired) electrons. The Bertz CT molecular complexity index is 1120. The molecule has 9 nitrogen and oxygen atoms in total. The van der Waals surface area contributed by atoms with E-state index in [1.807, 2.05) is 9.80 Å². The highest BCUT2D eigenvalue weighted by Gasteiger charge is 2.57. The largest absolute Gasteiger partial charge is 0.451 e. The van der Waals surface area contributed by atoms with Crippen LogP contribution in [0, 0.1) is 16.7 Å². The quantitative estimate of drug-likeness (QED) is 0.626. The Morgan fingerprint density at radius 1 is 1.06 bits per heavy atom. The lowest BCUT2D eigenvalue weighted by molar-refractivity contribution is -0.144. The van der Waals surface area contributed by atoms with Crippen molar-refractivity contribution in [1.29, 1.82) is 0 Å². The van der Waals surface area contributed by atoms with E-state index in [0.717, 1.165) is 51.6 Å². The summed E-state index contributed by atoms with van der Waals surface area (Å²) < 4.78 is 65.0. The van der Waals surface area contributed by atoms with Crippen molar-refractivity contribution in [2.45, 2.75) is 63.6 Å². The van der Waals surface area contributed by atoms with Gasteiger partial charge in [0, 0.05) is 43.4 Å². The summed E-state index contributed by atoms with van der Waals surface area (Å²) in [4.78, 5) is 22.6. The van der Waals surface area contributed by atoms with Crippen LogP contribution in [0.5, 0.6) is 0 Å². The van der Waals surface area contributed by atoms with Crippen LogP contribution in [0.4, 0.5) is 26.7 Å². The van der Waals surface area contributed by atoms with Crippen LogP contribution in [-0.4, -0.2) is 72.0 Å². The minimum absolute atomic E-state index is 0.0545. The van der Waals surface area contributed by atoms with Crippen molar-refractivity contribution in [1.82, 2.24) is 39.7 Å². The van der Waals surface area contributed by atoms with Crippen molar-refractivity contribution in [3.05, 3.63) is 23.8 Å². The minimum Gasteiger partial charge on any atom is -0.323 e. The van der Waals surface area contributed by atoms with E-state index in [-0.39, 0.29) is 34.6 Å². The molecule has 2 amide bonds. The summed E-state index contributed by atoms with van der Waals surface area (Å²) in [6.07, 6.45) is -0.0613. The summed E-state index contributed by atoms with van der Waals surface area (Å²) in [5.74, 6) is -0.965. The molecule has 4 aliphatic rings. The number of urea groups is 1. The maximum Gasteiger partial charge on any atom is 0.451 e. The van der Waals surface area contributed by atoms with Crippen molar-refractivity contribution in [3.63, 3.8) is 0 Å². The highest BCUT2D eigenvalue weighted by Crippen LogP contribution is 2.55. The second-order valence-electron chi connectivity index (χ2n) is 11.2. The number of nitrogens with zero attached hydrogens (tertiary/aromatic N) is 7. The molecule has 2 saturated heterocycles. The predicted molar refractivity (Wildman–Crippen MR) is 114 cm³/mol. The summed E-state index contributed by atoms with van der Waals surface area (Å²) in [5.41, 5.74) is 0.175. The number of alkyl halides is 5. The third kappa shape index (κ3) is 4.11. The zero-order valence-corrected chi connectivity index (χ0v) is 19.5. The van der Waals surface area contributed by atoms with Gasteiger partial charge in [0.1, 0.15) is 12.2 Å². The van der Waals surface area contributed by atoms with Crippen molar-refractivity contribution in [2.24, 2.45) is 16.7 Å². The van der Waals surface area contributed by atoms with Crippen LogP contribution < -0.4 is 0 Å². The monoisotopic (exact) mass is 514 g/mol. The summed E-state index contributed by atoms with van der Waals surface area (Å²) in [6, 6.07) is 0.112. The van der Waals surface area contributed by atoms with Gasteiger partial charge in [0.05, 0.1) is 6.04 Å². The number of hydrogen-bond acceptors (Lipinski definition) is 5. The molecule has 2 spiro atoms. The average molecular weight is 515 g/mol. The van der Waals surface area contributed by atoms with Crippen LogP contribution in [-0.2, 0) is 12.6 Å². The third-order valence-electron chi connectivity index (χ3n) is 8.53. The van der Waals surface area contributed by atoms with Crippen LogP contribution in [0.15, 0.2) is 6.33 Å². The molecule has 2 aliphatic heterocycles. The molecule has 0 aromatic carbocycles. The van der Waals surface area contributed by atoms with E-state index in [9.17, 15) is 26.7 Å². The molecular weight excluding hydrogens is 487 g/mol. The predicted octanol–water partition coefficient (Wildman–Crippen LogP) is 3.84. The summed E-state index contributed by atoms with van der Waals surface area (Å²) in [7, 11) is 0. The summed E-state index contributed by atoms with van der Waals surface area (Å²) in [5, 5.41) is 10.7. The van der Waals surface area contributed by atoms with Gasteiger partial charge >= 0.3 is 12.2 Å². The molecule has 196 valence electrons. The molecular formula is C22H27F5N8O. The maximum atomic E-state index is 12.9. The number of carbonyl (C=O) groups is 1. The minimum atomic E-state index is -4.52. The molecule has 36 heavy (non-hydrogen) atoms. The first-order valence-corrected chi connectivity index (χ1v) is 12.3. The molecule has 4 heterocycles. The molecule has 2 aliphatic carbocycles. The van der Waals surface area contributed by atoms with E-state index in [1.54, 1.807) is 0 Å². The van der Waals surface area contributed by atoms with E-state index in [0.29, 0.717) is 19.5 Å². The van der Waals surface area contributed by atoms with Crippen LogP contribution in [0.25, 0.3) is 0 Å². The van der Waals surface area contributed by atoms with Gasteiger partial charge in [-0.15, -0.1) is 15.3 Å². The van der Waals surface area contributed by atoms with Gasteiger partial charge in [-0.05, 0) is 44.4 Å². The zero-order valence-electron chi connectivity index (χ0n) is 19.5. The highest BCUT2D eigenvalue weighted by molar-refractivity contribution is 5.76. The average Bonchev–Trinajstić information content (AvgIpc) is 3.40. The Kier molecular flexibility index (Phi) is 5.31. The fraction of sp³-hybridized carbons (Fsp3) is 0.773. The molecule has 0 atom stereocenters.